The molecule has 1 atom stereocenters. The fourth-order valence-corrected chi connectivity index (χ4v) is 3.77. The van der Waals surface area contributed by atoms with Crippen LogP contribution in [0.3, 0.4) is 0 Å². The van der Waals surface area contributed by atoms with Crippen molar-refractivity contribution in [1.29, 1.82) is 0 Å². The van der Waals surface area contributed by atoms with Gasteiger partial charge in [0.15, 0.2) is 10.6 Å². The predicted octanol–water partition coefficient (Wildman–Crippen LogP) is 3.98. The SMILES string of the molecule is C=CCn1c(-c2ccc(C(C)(C)C)cc2)nn(CN2CCC[C@H](O)C2)c1=S. The van der Waals surface area contributed by atoms with E-state index in [9.17, 15) is 5.11 Å². The van der Waals surface area contributed by atoms with Gasteiger partial charge in [-0.3, -0.25) is 9.47 Å². The number of hydrogen-bond acceptors (Lipinski definition) is 4. The zero-order chi connectivity index (χ0) is 19.6. The molecule has 1 aliphatic rings. The molecule has 3 rings (SSSR count). The maximum Gasteiger partial charge on any atom is 0.199 e. The van der Waals surface area contributed by atoms with Crippen LogP contribution in [0.25, 0.3) is 11.4 Å². The first-order chi connectivity index (χ1) is 12.8. The highest BCUT2D eigenvalue weighted by atomic mass is 32.1. The lowest BCUT2D eigenvalue weighted by Gasteiger charge is -2.29. The Morgan fingerprint density at radius 1 is 1.30 bits per heavy atom. The summed E-state index contributed by atoms with van der Waals surface area (Å²) in [5.74, 6) is 0.859. The molecule has 2 heterocycles. The predicted molar refractivity (Wildman–Crippen MR) is 112 cm³/mol. The molecule has 0 spiro atoms. The molecular formula is C21H30N4OS. The van der Waals surface area contributed by atoms with Crippen LogP contribution in [0.15, 0.2) is 36.9 Å². The Kier molecular flexibility index (Phi) is 5.99. The minimum Gasteiger partial charge on any atom is -0.392 e. The van der Waals surface area contributed by atoms with Gasteiger partial charge < -0.3 is 5.11 Å². The number of benzene rings is 1. The summed E-state index contributed by atoms with van der Waals surface area (Å²) in [5, 5.41) is 14.7. The molecule has 1 aromatic carbocycles. The smallest absolute Gasteiger partial charge is 0.199 e. The Morgan fingerprint density at radius 3 is 2.59 bits per heavy atom. The topological polar surface area (TPSA) is 46.2 Å². The van der Waals surface area contributed by atoms with Gasteiger partial charge in [-0.25, -0.2) is 4.68 Å². The molecule has 0 radical (unpaired) electrons. The van der Waals surface area contributed by atoms with Crippen LogP contribution in [0.4, 0.5) is 0 Å². The van der Waals surface area contributed by atoms with Gasteiger partial charge in [0.25, 0.3) is 0 Å². The summed E-state index contributed by atoms with van der Waals surface area (Å²) < 4.78 is 4.57. The standard InChI is InChI=1S/C21H30N4OS/c1-5-12-24-19(16-8-10-17(11-9-16)21(2,3)4)22-25(20(24)27)15-23-13-6-7-18(26)14-23/h5,8-11,18,26H,1,6-7,12-15H2,2-4H3/t18-/m0/s1. The van der Waals surface area contributed by atoms with Crippen molar-refractivity contribution >= 4 is 12.2 Å². The average molecular weight is 387 g/mol. The molecule has 0 amide bonds. The summed E-state index contributed by atoms with van der Waals surface area (Å²) in [5.41, 5.74) is 2.46. The van der Waals surface area contributed by atoms with Gasteiger partial charge >= 0.3 is 0 Å². The first kappa shape index (κ1) is 20.0. The molecule has 1 fully saturated rings. The minimum absolute atomic E-state index is 0.118. The summed E-state index contributed by atoms with van der Waals surface area (Å²) in [6.45, 7) is 13.4. The molecule has 0 saturated carbocycles. The lowest BCUT2D eigenvalue weighted by atomic mass is 9.87. The Bertz CT molecular complexity index is 845. The molecule has 1 aromatic heterocycles. The van der Waals surface area contributed by atoms with Gasteiger partial charge in [-0.1, -0.05) is 51.1 Å². The number of allylic oxidation sites excluding steroid dienone is 1. The van der Waals surface area contributed by atoms with Crippen molar-refractivity contribution in [3.8, 4) is 11.4 Å². The fourth-order valence-electron chi connectivity index (χ4n) is 3.51. The Morgan fingerprint density at radius 2 is 2.00 bits per heavy atom. The molecule has 1 N–H and O–H groups in total. The number of β-amino-alcohol motifs (C(OH)–C–C–N with tert-alkyl or cyclic N) is 1. The molecule has 6 heteroatoms. The quantitative estimate of drug-likeness (QED) is 0.624. The number of aliphatic hydroxyl groups is 1. The van der Waals surface area contributed by atoms with Gasteiger partial charge in [-0.05, 0) is 36.0 Å². The highest BCUT2D eigenvalue weighted by Crippen LogP contribution is 2.26. The van der Waals surface area contributed by atoms with E-state index < -0.39 is 0 Å². The number of rotatable bonds is 5. The Balaban J connectivity index is 1.92. The van der Waals surface area contributed by atoms with E-state index in [1.165, 1.54) is 5.56 Å². The van der Waals surface area contributed by atoms with Crippen LogP contribution in [-0.2, 0) is 18.6 Å². The number of piperidine rings is 1. The first-order valence-corrected chi connectivity index (χ1v) is 10.0. The first-order valence-electron chi connectivity index (χ1n) is 9.59. The molecular weight excluding hydrogens is 356 g/mol. The van der Waals surface area contributed by atoms with Gasteiger partial charge in [-0.2, -0.15) is 5.10 Å². The second kappa shape index (κ2) is 8.09. The highest BCUT2D eigenvalue weighted by Gasteiger charge is 2.20. The van der Waals surface area contributed by atoms with E-state index in [2.05, 4.69) is 56.5 Å². The number of aliphatic hydroxyl groups excluding tert-OH is 1. The van der Waals surface area contributed by atoms with Crippen LogP contribution < -0.4 is 0 Å². The van der Waals surface area contributed by atoms with Gasteiger partial charge in [0.05, 0.1) is 12.8 Å². The molecule has 1 aliphatic heterocycles. The third-order valence-corrected chi connectivity index (χ3v) is 5.49. The van der Waals surface area contributed by atoms with E-state index >= 15 is 0 Å². The molecule has 5 nitrogen and oxygen atoms in total. The van der Waals surface area contributed by atoms with Crippen molar-refractivity contribution < 1.29 is 5.11 Å². The van der Waals surface area contributed by atoms with E-state index in [1.54, 1.807) is 0 Å². The van der Waals surface area contributed by atoms with Crippen LogP contribution in [0.1, 0.15) is 39.2 Å². The van der Waals surface area contributed by atoms with Crippen LogP contribution in [-0.4, -0.2) is 43.5 Å². The lowest BCUT2D eigenvalue weighted by molar-refractivity contribution is 0.0513. The molecule has 0 unspecified atom stereocenters. The molecule has 0 bridgehead atoms. The zero-order valence-electron chi connectivity index (χ0n) is 16.6. The molecule has 1 saturated heterocycles. The summed E-state index contributed by atoms with van der Waals surface area (Å²) >= 11 is 5.69. The third-order valence-electron chi connectivity index (χ3n) is 5.06. The molecule has 146 valence electrons. The number of hydrogen-bond donors (Lipinski definition) is 1. The van der Waals surface area contributed by atoms with Crippen LogP contribution in [0, 0.1) is 4.77 Å². The largest absolute Gasteiger partial charge is 0.392 e. The molecule has 2 aromatic rings. The van der Waals surface area contributed by atoms with Crippen molar-refractivity contribution in [2.75, 3.05) is 13.1 Å². The maximum absolute atomic E-state index is 9.92. The van der Waals surface area contributed by atoms with E-state index in [1.807, 2.05) is 15.3 Å². The van der Waals surface area contributed by atoms with Gasteiger partial charge in [0, 0.05) is 25.2 Å². The van der Waals surface area contributed by atoms with Gasteiger partial charge in [0.2, 0.25) is 0 Å². The number of aromatic nitrogens is 3. The molecule has 0 aliphatic carbocycles. The summed E-state index contributed by atoms with van der Waals surface area (Å²) in [6, 6.07) is 8.56. The second-order valence-electron chi connectivity index (χ2n) is 8.35. The minimum atomic E-state index is -0.257. The van der Waals surface area contributed by atoms with E-state index in [-0.39, 0.29) is 11.5 Å². The average Bonchev–Trinajstić information content (AvgIpc) is 2.91. The van der Waals surface area contributed by atoms with Crippen molar-refractivity contribution in [3.05, 3.63) is 47.3 Å². The monoisotopic (exact) mass is 386 g/mol. The summed E-state index contributed by atoms with van der Waals surface area (Å²) in [7, 11) is 0. The summed E-state index contributed by atoms with van der Waals surface area (Å²) in [6.07, 6.45) is 3.47. The normalized spacial score (nSPS) is 18.6. The Hall–Kier alpha value is -1.76. The van der Waals surface area contributed by atoms with Gasteiger partial charge in [-0.15, -0.1) is 6.58 Å². The van der Waals surface area contributed by atoms with Crippen molar-refractivity contribution in [2.45, 2.75) is 58.3 Å². The number of nitrogens with zero attached hydrogens (tertiary/aromatic N) is 4. The van der Waals surface area contributed by atoms with Crippen LogP contribution in [0.5, 0.6) is 0 Å². The third kappa shape index (κ3) is 4.57. The fraction of sp³-hybridized carbons (Fsp3) is 0.524. The van der Waals surface area contributed by atoms with Gasteiger partial charge in [0.1, 0.15) is 0 Å². The second-order valence-corrected chi connectivity index (χ2v) is 8.71. The lowest BCUT2D eigenvalue weighted by Crippen LogP contribution is -2.39. The van der Waals surface area contributed by atoms with Crippen molar-refractivity contribution in [1.82, 2.24) is 19.2 Å². The zero-order valence-corrected chi connectivity index (χ0v) is 17.4. The summed E-state index contributed by atoms with van der Waals surface area (Å²) in [4.78, 5) is 2.21. The Labute approximate surface area is 166 Å². The van der Waals surface area contributed by atoms with Crippen LogP contribution >= 0.6 is 12.2 Å². The number of likely N-dealkylation sites (tertiary alicyclic amines) is 1. The van der Waals surface area contributed by atoms with E-state index in [0.29, 0.717) is 24.5 Å². The van der Waals surface area contributed by atoms with E-state index in [0.717, 1.165) is 30.8 Å². The molecule has 27 heavy (non-hydrogen) atoms. The van der Waals surface area contributed by atoms with Crippen molar-refractivity contribution in [2.24, 2.45) is 0 Å². The van der Waals surface area contributed by atoms with E-state index in [4.69, 9.17) is 17.3 Å². The highest BCUT2D eigenvalue weighted by molar-refractivity contribution is 7.71. The van der Waals surface area contributed by atoms with Crippen LogP contribution in [0.2, 0.25) is 0 Å². The van der Waals surface area contributed by atoms with Crippen molar-refractivity contribution in [3.63, 3.8) is 0 Å². The maximum atomic E-state index is 9.92.